The summed E-state index contributed by atoms with van der Waals surface area (Å²) in [6, 6.07) is 14.9. The molecule has 2 N–H and O–H groups in total. The fraction of sp³-hybridized carbons (Fsp3) is 0.464. The van der Waals surface area contributed by atoms with Crippen molar-refractivity contribution in [1.82, 2.24) is 9.97 Å². The Labute approximate surface area is 197 Å². The van der Waals surface area contributed by atoms with E-state index in [0.29, 0.717) is 17.6 Å². The van der Waals surface area contributed by atoms with Gasteiger partial charge in [0.1, 0.15) is 11.6 Å². The van der Waals surface area contributed by atoms with Gasteiger partial charge in [0.2, 0.25) is 5.95 Å². The number of ketones is 1. The SMILES string of the molecule is CCCCC(=O)C1CCC(CNc2nc(NC)c3cc(-c4ccc(C)cc4)ccc3n2)CC1. The third-order valence-corrected chi connectivity index (χ3v) is 6.95. The number of Topliss-reactive ketones (excluding diaryl/α,β-unsaturated/α-hetero) is 1. The Bertz CT molecular complexity index is 1080. The van der Waals surface area contributed by atoms with Crippen LogP contribution in [0.5, 0.6) is 0 Å². The van der Waals surface area contributed by atoms with E-state index in [0.717, 1.165) is 73.8 Å². The second-order valence-corrected chi connectivity index (χ2v) is 9.41. The number of hydrogen-bond acceptors (Lipinski definition) is 5. The van der Waals surface area contributed by atoms with Crippen molar-refractivity contribution in [2.24, 2.45) is 11.8 Å². The van der Waals surface area contributed by atoms with Crippen LogP contribution in [-0.4, -0.2) is 29.3 Å². The van der Waals surface area contributed by atoms with Gasteiger partial charge in [-0.1, -0.05) is 49.2 Å². The van der Waals surface area contributed by atoms with Gasteiger partial charge in [-0.3, -0.25) is 4.79 Å². The molecule has 4 rings (SSSR count). The minimum absolute atomic E-state index is 0.281. The standard InChI is InChI=1S/C28H36N4O/c1-4-5-6-26(33)22-13-9-20(10-14-22)18-30-28-31-25-16-15-23(17-24(25)27(29-3)32-28)21-11-7-19(2)8-12-21/h7-8,11-12,15-17,20,22H,4-6,9-10,13-14,18H2,1-3H3,(H2,29,30,31,32). The van der Waals surface area contributed by atoms with Crippen molar-refractivity contribution < 1.29 is 4.79 Å². The van der Waals surface area contributed by atoms with Gasteiger partial charge in [0.15, 0.2) is 0 Å². The van der Waals surface area contributed by atoms with Crippen molar-refractivity contribution in [2.75, 3.05) is 24.2 Å². The molecule has 0 unspecified atom stereocenters. The highest BCUT2D eigenvalue weighted by molar-refractivity contribution is 5.93. The van der Waals surface area contributed by atoms with Gasteiger partial charge in [0.25, 0.3) is 0 Å². The summed E-state index contributed by atoms with van der Waals surface area (Å²) in [6.45, 7) is 5.10. The molecular weight excluding hydrogens is 408 g/mol. The quantitative estimate of drug-likeness (QED) is 0.388. The molecule has 174 valence electrons. The normalized spacial score (nSPS) is 18.3. The van der Waals surface area contributed by atoms with Crippen LogP contribution in [0.15, 0.2) is 42.5 Å². The third kappa shape index (κ3) is 5.70. The highest BCUT2D eigenvalue weighted by atomic mass is 16.1. The van der Waals surface area contributed by atoms with Crippen LogP contribution in [-0.2, 0) is 4.79 Å². The largest absolute Gasteiger partial charge is 0.372 e. The first kappa shape index (κ1) is 23.2. The maximum atomic E-state index is 12.3. The summed E-state index contributed by atoms with van der Waals surface area (Å²) in [6.07, 6.45) is 7.13. The van der Waals surface area contributed by atoms with Crippen LogP contribution in [0, 0.1) is 18.8 Å². The Balaban J connectivity index is 1.41. The summed E-state index contributed by atoms with van der Waals surface area (Å²) < 4.78 is 0. The van der Waals surface area contributed by atoms with Crippen LogP contribution in [0.4, 0.5) is 11.8 Å². The summed E-state index contributed by atoms with van der Waals surface area (Å²) in [5, 5.41) is 7.73. The molecule has 0 spiro atoms. The van der Waals surface area contributed by atoms with E-state index in [1.807, 2.05) is 7.05 Å². The van der Waals surface area contributed by atoms with Crippen molar-refractivity contribution in [1.29, 1.82) is 0 Å². The maximum Gasteiger partial charge on any atom is 0.225 e. The molecule has 5 heteroatoms. The van der Waals surface area contributed by atoms with Gasteiger partial charge in [-0.25, -0.2) is 4.98 Å². The molecular formula is C28H36N4O. The monoisotopic (exact) mass is 444 g/mol. The first-order chi connectivity index (χ1) is 16.1. The molecule has 1 aliphatic rings. The van der Waals surface area contributed by atoms with Gasteiger partial charge >= 0.3 is 0 Å². The van der Waals surface area contributed by atoms with E-state index in [1.165, 1.54) is 11.1 Å². The molecule has 0 amide bonds. The summed E-state index contributed by atoms with van der Waals surface area (Å²) in [7, 11) is 1.90. The highest BCUT2D eigenvalue weighted by Crippen LogP contribution is 2.31. The zero-order valence-corrected chi connectivity index (χ0v) is 20.2. The minimum atomic E-state index is 0.281. The summed E-state index contributed by atoms with van der Waals surface area (Å²) >= 11 is 0. The zero-order chi connectivity index (χ0) is 23.2. The van der Waals surface area contributed by atoms with E-state index in [9.17, 15) is 4.79 Å². The zero-order valence-electron chi connectivity index (χ0n) is 20.2. The first-order valence-electron chi connectivity index (χ1n) is 12.4. The molecule has 2 aromatic carbocycles. The Morgan fingerprint density at radius 1 is 1.00 bits per heavy atom. The fourth-order valence-electron chi connectivity index (χ4n) is 4.80. The Kier molecular flexibility index (Phi) is 7.58. The van der Waals surface area contributed by atoms with Gasteiger partial charge in [-0.2, -0.15) is 4.98 Å². The molecule has 0 radical (unpaired) electrons. The lowest BCUT2D eigenvalue weighted by Crippen LogP contribution is -2.25. The number of aryl methyl sites for hydroxylation is 1. The van der Waals surface area contributed by atoms with Crippen LogP contribution < -0.4 is 10.6 Å². The lowest BCUT2D eigenvalue weighted by atomic mass is 9.79. The molecule has 1 aliphatic carbocycles. The maximum absolute atomic E-state index is 12.3. The topological polar surface area (TPSA) is 66.9 Å². The fourth-order valence-corrected chi connectivity index (χ4v) is 4.80. The molecule has 0 bridgehead atoms. The minimum Gasteiger partial charge on any atom is -0.372 e. The highest BCUT2D eigenvalue weighted by Gasteiger charge is 2.25. The number of unbranched alkanes of at least 4 members (excludes halogenated alkanes) is 1. The van der Waals surface area contributed by atoms with Crippen molar-refractivity contribution in [3.8, 4) is 11.1 Å². The Morgan fingerprint density at radius 2 is 1.73 bits per heavy atom. The van der Waals surface area contributed by atoms with E-state index in [4.69, 9.17) is 9.97 Å². The Morgan fingerprint density at radius 3 is 2.42 bits per heavy atom. The number of carbonyl (C=O) groups excluding carboxylic acids is 1. The van der Waals surface area contributed by atoms with Crippen LogP contribution in [0.3, 0.4) is 0 Å². The average Bonchev–Trinajstić information content (AvgIpc) is 2.86. The molecule has 3 aromatic rings. The Hall–Kier alpha value is -2.95. The molecule has 0 saturated heterocycles. The lowest BCUT2D eigenvalue weighted by Gasteiger charge is -2.28. The number of fused-ring (bicyclic) bond motifs is 1. The average molecular weight is 445 g/mol. The number of carbonyl (C=O) groups is 1. The van der Waals surface area contributed by atoms with Crippen molar-refractivity contribution >= 4 is 28.5 Å². The van der Waals surface area contributed by atoms with Gasteiger partial charge in [0, 0.05) is 31.3 Å². The van der Waals surface area contributed by atoms with Crippen LogP contribution >= 0.6 is 0 Å². The molecule has 1 aromatic heterocycles. The van der Waals surface area contributed by atoms with Gasteiger partial charge in [-0.05, 0) is 68.2 Å². The molecule has 1 heterocycles. The van der Waals surface area contributed by atoms with Crippen LogP contribution in [0.2, 0.25) is 0 Å². The predicted molar refractivity (Wildman–Crippen MR) is 138 cm³/mol. The first-order valence-corrected chi connectivity index (χ1v) is 12.4. The van der Waals surface area contributed by atoms with Crippen molar-refractivity contribution in [2.45, 2.75) is 58.8 Å². The van der Waals surface area contributed by atoms with Gasteiger partial charge < -0.3 is 10.6 Å². The second-order valence-electron chi connectivity index (χ2n) is 9.41. The van der Waals surface area contributed by atoms with E-state index < -0.39 is 0 Å². The van der Waals surface area contributed by atoms with Gasteiger partial charge in [0.05, 0.1) is 5.52 Å². The molecule has 33 heavy (non-hydrogen) atoms. The van der Waals surface area contributed by atoms with E-state index >= 15 is 0 Å². The van der Waals surface area contributed by atoms with E-state index in [1.54, 1.807) is 0 Å². The summed E-state index contributed by atoms with van der Waals surface area (Å²) in [5.74, 6) is 2.83. The van der Waals surface area contributed by atoms with Crippen LogP contribution in [0.25, 0.3) is 22.0 Å². The molecule has 1 fully saturated rings. The van der Waals surface area contributed by atoms with Crippen LogP contribution in [0.1, 0.15) is 57.4 Å². The van der Waals surface area contributed by atoms with E-state index in [2.05, 4.69) is 66.9 Å². The number of rotatable bonds is 9. The number of nitrogens with one attached hydrogen (secondary N) is 2. The number of benzene rings is 2. The number of nitrogens with zero attached hydrogens (tertiary/aromatic N) is 2. The third-order valence-electron chi connectivity index (χ3n) is 6.95. The molecule has 1 saturated carbocycles. The van der Waals surface area contributed by atoms with E-state index in [-0.39, 0.29) is 5.92 Å². The number of aromatic nitrogens is 2. The molecule has 0 aliphatic heterocycles. The molecule has 0 atom stereocenters. The number of anilines is 2. The van der Waals surface area contributed by atoms with Crippen molar-refractivity contribution in [3.63, 3.8) is 0 Å². The van der Waals surface area contributed by atoms with Crippen molar-refractivity contribution in [3.05, 3.63) is 48.0 Å². The number of hydrogen-bond donors (Lipinski definition) is 2. The van der Waals surface area contributed by atoms with Gasteiger partial charge in [-0.15, -0.1) is 0 Å². The second kappa shape index (κ2) is 10.8. The molecule has 5 nitrogen and oxygen atoms in total. The summed E-state index contributed by atoms with van der Waals surface area (Å²) in [5.41, 5.74) is 4.54. The smallest absolute Gasteiger partial charge is 0.225 e. The lowest BCUT2D eigenvalue weighted by molar-refractivity contribution is -0.124. The predicted octanol–water partition coefficient (Wildman–Crippen LogP) is 6.62. The summed E-state index contributed by atoms with van der Waals surface area (Å²) in [4.78, 5) is 21.8.